The van der Waals surface area contributed by atoms with Crippen LogP contribution in [0.15, 0.2) is 88.8 Å². The molecule has 0 saturated heterocycles. The van der Waals surface area contributed by atoms with Crippen molar-refractivity contribution in [1.82, 2.24) is 19.2 Å². The second-order valence-electron chi connectivity index (χ2n) is 8.28. The Hall–Kier alpha value is -4.11. The molecule has 3 aromatic carbocycles. The minimum Gasteiger partial charge on any atom is -0.457 e. The third kappa shape index (κ3) is 4.70. The summed E-state index contributed by atoms with van der Waals surface area (Å²) in [5, 5.41) is 12.3. The fraction of sp³-hybridized carbons (Fsp3) is 0.185. The first-order chi connectivity index (χ1) is 17.5. The fourth-order valence-electron chi connectivity index (χ4n) is 3.92. The van der Waals surface area contributed by atoms with Crippen molar-refractivity contribution in [3.8, 4) is 11.5 Å². The number of aromatic nitrogens is 4. The molecule has 0 fully saturated rings. The van der Waals surface area contributed by atoms with Gasteiger partial charge in [-0.15, -0.1) is 10.2 Å². The monoisotopic (exact) mass is 499 g/mol. The van der Waals surface area contributed by atoms with Gasteiger partial charge in [0.1, 0.15) is 11.5 Å². The molecule has 1 amide bonds. The van der Waals surface area contributed by atoms with Gasteiger partial charge < -0.3 is 10.1 Å². The van der Waals surface area contributed by atoms with E-state index in [1.807, 2.05) is 78.9 Å². The highest BCUT2D eigenvalue weighted by molar-refractivity contribution is 8.00. The molecule has 0 saturated carbocycles. The van der Waals surface area contributed by atoms with Crippen LogP contribution < -0.4 is 15.6 Å². The number of fused-ring (bicyclic) bond motifs is 3. The molecule has 9 heteroatoms. The third-order valence-corrected chi connectivity index (χ3v) is 6.72. The quantitative estimate of drug-likeness (QED) is 0.289. The first-order valence-corrected chi connectivity index (χ1v) is 12.6. The summed E-state index contributed by atoms with van der Waals surface area (Å²) in [5.74, 6) is 1.74. The summed E-state index contributed by atoms with van der Waals surface area (Å²) in [7, 11) is 0. The number of thioether (sulfide) groups is 1. The summed E-state index contributed by atoms with van der Waals surface area (Å²) < 4.78 is 9.31. The van der Waals surface area contributed by atoms with Gasteiger partial charge in [-0.1, -0.05) is 49.0 Å². The molecule has 1 N–H and O–H groups in total. The van der Waals surface area contributed by atoms with E-state index in [1.165, 1.54) is 11.8 Å². The number of carbonyl (C=O) groups is 1. The second-order valence-corrected chi connectivity index (χ2v) is 9.59. The number of rotatable bonds is 8. The van der Waals surface area contributed by atoms with Crippen LogP contribution in [-0.4, -0.2) is 30.3 Å². The molecule has 1 atom stereocenters. The smallest absolute Gasteiger partial charge is 0.262 e. The van der Waals surface area contributed by atoms with E-state index in [0.29, 0.717) is 34.3 Å². The van der Waals surface area contributed by atoms with Gasteiger partial charge in [-0.2, -0.15) is 0 Å². The van der Waals surface area contributed by atoms with Crippen LogP contribution in [0.2, 0.25) is 0 Å². The summed E-state index contributed by atoms with van der Waals surface area (Å²) >= 11 is 1.30. The van der Waals surface area contributed by atoms with Gasteiger partial charge in [0, 0.05) is 12.2 Å². The number of benzene rings is 3. The molecule has 0 aliphatic carbocycles. The normalized spacial score (nSPS) is 12.1. The molecule has 36 heavy (non-hydrogen) atoms. The highest BCUT2D eigenvalue weighted by atomic mass is 32.2. The Kier molecular flexibility index (Phi) is 6.73. The number of carbonyl (C=O) groups excluding carboxylic acids is 1. The predicted octanol–water partition coefficient (Wildman–Crippen LogP) is 5.37. The molecule has 0 aliphatic heterocycles. The summed E-state index contributed by atoms with van der Waals surface area (Å²) in [6, 6.07) is 24.1. The van der Waals surface area contributed by atoms with Crippen molar-refractivity contribution in [2.45, 2.75) is 37.2 Å². The van der Waals surface area contributed by atoms with Crippen molar-refractivity contribution < 1.29 is 9.53 Å². The van der Waals surface area contributed by atoms with Crippen LogP contribution in [0.25, 0.3) is 16.7 Å². The topological polar surface area (TPSA) is 90.5 Å². The summed E-state index contributed by atoms with van der Waals surface area (Å²) in [4.78, 5) is 26.0. The Balaban J connectivity index is 1.35. The van der Waals surface area contributed by atoms with E-state index in [2.05, 4.69) is 15.5 Å². The number of amides is 1. The number of nitrogens with zero attached hydrogens (tertiary/aromatic N) is 4. The summed E-state index contributed by atoms with van der Waals surface area (Å²) in [6.45, 7) is 4.37. The lowest BCUT2D eigenvalue weighted by molar-refractivity contribution is -0.115. The van der Waals surface area contributed by atoms with Crippen molar-refractivity contribution in [2.24, 2.45) is 0 Å². The van der Waals surface area contributed by atoms with Gasteiger partial charge in [0.15, 0.2) is 5.16 Å². The molecule has 0 radical (unpaired) electrons. The molecular formula is C27H25N5O3S. The number of anilines is 1. The Morgan fingerprint density at radius 1 is 0.972 bits per heavy atom. The van der Waals surface area contributed by atoms with Crippen LogP contribution in [-0.2, 0) is 11.3 Å². The Morgan fingerprint density at radius 2 is 1.67 bits per heavy atom. The van der Waals surface area contributed by atoms with Gasteiger partial charge >= 0.3 is 0 Å². The molecule has 0 bridgehead atoms. The largest absolute Gasteiger partial charge is 0.457 e. The van der Waals surface area contributed by atoms with Gasteiger partial charge in [-0.3, -0.25) is 18.6 Å². The third-order valence-electron chi connectivity index (χ3n) is 5.68. The Labute approximate surface area is 211 Å². The average molecular weight is 500 g/mol. The van der Waals surface area contributed by atoms with Crippen LogP contribution in [0.3, 0.4) is 0 Å². The number of ether oxygens (including phenoxy) is 1. The van der Waals surface area contributed by atoms with E-state index in [0.717, 1.165) is 17.7 Å². The number of nitrogens with one attached hydrogen (secondary N) is 1. The van der Waals surface area contributed by atoms with Crippen LogP contribution in [0, 0.1) is 0 Å². The molecular weight excluding hydrogens is 474 g/mol. The molecule has 5 rings (SSSR count). The zero-order valence-corrected chi connectivity index (χ0v) is 20.7. The van der Waals surface area contributed by atoms with E-state index in [9.17, 15) is 9.59 Å². The van der Waals surface area contributed by atoms with Crippen molar-refractivity contribution in [3.63, 3.8) is 0 Å². The zero-order chi connectivity index (χ0) is 25.1. The Morgan fingerprint density at radius 3 is 2.42 bits per heavy atom. The summed E-state index contributed by atoms with van der Waals surface area (Å²) in [6.07, 6.45) is 0.789. The number of hydrogen-bond acceptors (Lipinski definition) is 6. The number of aryl methyl sites for hydroxylation is 1. The van der Waals surface area contributed by atoms with Crippen LogP contribution in [0.1, 0.15) is 20.3 Å². The highest BCUT2D eigenvalue weighted by Crippen LogP contribution is 2.27. The van der Waals surface area contributed by atoms with E-state index in [4.69, 9.17) is 4.74 Å². The van der Waals surface area contributed by atoms with E-state index < -0.39 is 5.25 Å². The fourth-order valence-corrected chi connectivity index (χ4v) is 4.78. The lowest BCUT2D eigenvalue weighted by Crippen LogP contribution is -2.24. The molecule has 182 valence electrons. The predicted molar refractivity (Wildman–Crippen MR) is 142 cm³/mol. The van der Waals surface area contributed by atoms with Gasteiger partial charge in [0.05, 0.1) is 16.2 Å². The molecule has 2 aromatic heterocycles. The second kappa shape index (κ2) is 10.2. The summed E-state index contributed by atoms with van der Waals surface area (Å²) in [5.41, 5.74) is 1.30. The molecule has 5 aromatic rings. The minimum absolute atomic E-state index is 0.0885. The van der Waals surface area contributed by atoms with E-state index >= 15 is 0 Å². The maximum Gasteiger partial charge on any atom is 0.262 e. The lowest BCUT2D eigenvalue weighted by Gasteiger charge is -2.13. The average Bonchev–Trinajstić information content (AvgIpc) is 3.31. The van der Waals surface area contributed by atoms with Crippen molar-refractivity contribution in [3.05, 3.63) is 89.2 Å². The van der Waals surface area contributed by atoms with Crippen molar-refractivity contribution >= 4 is 40.0 Å². The van der Waals surface area contributed by atoms with Gasteiger partial charge in [0.25, 0.3) is 5.56 Å². The van der Waals surface area contributed by atoms with Crippen molar-refractivity contribution in [2.75, 3.05) is 5.32 Å². The maximum absolute atomic E-state index is 13.0. The van der Waals surface area contributed by atoms with Gasteiger partial charge in [-0.05, 0) is 61.9 Å². The molecule has 8 nitrogen and oxygen atoms in total. The highest BCUT2D eigenvalue weighted by Gasteiger charge is 2.21. The number of para-hydroxylation sites is 2. The zero-order valence-electron chi connectivity index (χ0n) is 19.9. The van der Waals surface area contributed by atoms with Crippen LogP contribution >= 0.6 is 11.8 Å². The molecule has 1 unspecified atom stereocenters. The number of hydrogen-bond donors (Lipinski definition) is 1. The first-order valence-electron chi connectivity index (χ1n) is 11.7. The molecule has 0 spiro atoms. The standard InChI is InChI=1S/C27H25N5O3S/c1-3-17-31-25(34)22-11-7-8-12-23(22)32-26(31)29-30-27(32)36-18(2)24(33)28-19-13-15-21(16-14-19)35-20-9-5-4-6-10-20/h4-16,18H,3,17H2,1-2H3,(H,28,33). The molecule has 2 heterocycles. The van der Waals surface area contributed by atoms with Gasteiger partial charge in [-0.25, -0.2) is 0 Å². The van der Waals surface area contributed by atoms with Gasteiger partial charge in [0.2, 0.25) is 11.7 Å². The van der Waals surface area contributed by atoms with E-state index in [1.54, 1.807) is 22.8 Å². The van der Waals surface area contributed by atoms with E-state index in [-0.39, 0.29) is 11.5 Å². The Bertz CT molecular complexity index is 1580. The minimum atomic E-state index is -0.456. The van der Waals surface area contributed by atoms with Crippen molar-refractivity contribution in [1.29, 1.82) is 0 Å². The lowest BCUT2D eigenvalue weighted by atomic mass is 10.2. The molecule has 0 aliphatic rings. The van der Waals surface area contributed by atoms with Crippen LogP contribution in [0.5, 0.6) is 11.5 Å². The first kappa shape index (κ1) is 23.6. The maximum atomic E-state index is 13.0. The SMILES string of the molecule is CCCn1c(=O)c2ccccc2n2c(SC(C)C(=O)Nc3ccc(Oc4ccccc4)cc3)nnc12. The van der Waals surface area contributed by atoms with Crippen LogP contribution in [0.4, 0.5) is 5.69 Å².